The lowest BCUT2D eigenvalue weighted by Crippen LogP contribution is -2.38. The monoisotopic (exact) mass is 319 g/mol. The maximum absolute atomic E-state index is 11.3. The number of carbonyl (C=O) groups is 1. The van der Waals surface area contributed by atoms with Crippen LogP contribution in [0.1, 0.15) is 40.0 Å². The fourth-order valence-electron chi connectivity index (χ4n) is 2.03. The highest BCUT2D eigenvalue weighted by Gasteiger charge is 2.21. The van der Waals surface area contributed by atoms with Gasteiger partial charge in [-0.05, 0) is 29.9 Å². The van der Waals surface area contributed by atoms with Gasteiger partial charge < -0.3 is 10.4 Å². The Balaban J connectivity index is 2.53. The number of aliphatic carboxylic acids is 1. The van der Waals surface area contributed by atoms with Gasteiger partial charge in [0.2, 0.25) is 0 Å². The summed E-state index contributed by atoms with van der Waals surface area (Å²) in [6, 6.07) is -0.544. The van der Waals surface area contributed by atoms with Crippen LogP contribution < -0.4 is 5.32 Å². The molecule has 0 saturated heterocycles. The molecule has 0 fully saturated rings. The van der Waals surface area contributed by atoms with Crippen molar-refractivity contribution in [2.24, 2.45) is 5.41 Å². The van der Waals surface area contributed by atoms with Gasteiger partial charge in [-0.1, -0.05) is 38.4 Å². The molecular formula is C15H23Cl2NO2. The van der Waals surface area contributed by atoms with Crippen molar-refractivity contribution in [1.29, 1.82) is 0 Å². The van der Waals surface area contributed by atoms with Gasteiger partial charge in [0, 0.05) is 18.0 Å². The van der Waals surface area contributed by atoms with Crippen LogP contribution in [-0.2, 0) is 4.79 Å². The average molecular weight is 320 g/mol. The van der Waals surface area contributed by atoms with E-state index in [1.807, 2.05) is 12.2 Å². The number of alkyl halides is 1. The molecule has 0 amide bonds. The fraction of sp³-hybridized carbons (Fsp3) is 0.667. The largest absolute Gasteiger partial charge is 0.480 e. The summed E-state index contributed by atoms with van der Waals surface area (Å²) in [7, 11) is 0. The Kier molecular flexibility index (Phi) is 6.56. The highest BCUT2D eigenvalue weighted by Crippen LogP contribution is 2.24. The number of nitrogens with one attached hydrogen (secondary N) is 1. The zero-order valence-corrected chi connectivity index (χ0v) is 13.8. The van der Waals surface area contributed by atoms with Gasteiger partial charge in [-0.25, -0.2) is 0 Å². The van der Waals surface area contributed by atoms with Crippen molar-refractivity contribution in [1.82, 2.24) is 5.32 Å². The Bertz CT molecular complexity index is 411. The number of hydrogen-bond donors (Lipinski definition) is 2. The number of carboxylic acid groups (broad SMARTS) is 1. The summed E-state index contributed by atoms with van der Waals surface area (Å²) in [5, 5.41) is 12.9. The lowest BCUT2D eigenvalue weighted by Gasteiger charge is -2.22. The van der Waals surface area contributed by atoms with Crippen molar-refractivity contribution < 1.29 is 9.90 Å². The van der Waals surface area contributed by atoms with Gasteiger partial charge in [-0.3, -0.25) is 4.79 Å². The minimum absolute atomic E-state index is 0.109. The number of halogens is 2. The van der Waals surface area contributed by atoms with Crippen LogP contribution in [0.3, 0.4) is 0 Å². The molecule has 3 nitrogen and oxygen atoms in total. The van der Waals surface area contributed by atoms with Gasteiger partial charge >= 0.3 is 5.97 Å². The first-order valence-corrected chi connectivity index (χ1v) is 7.66. The Morgan fingerprint density at radius 2 is 2.20 bits per heavy atom. The summed E-state index contributed by atoms with van der Waals surface area (Å²) in [6.07, 6.45) is 5.87. The van der Waals surface area contributed by atoms with Gasteiger partial charge in [-0.15, -0.1) is 11.6 Å². The first kappa shape index (κ1) is 17.5. The van der Waals surface area contributed by atoms with E-state index in [1.165, 1.54) is 0 Å². The highest BCUT2D eigenvalue weighted by molar-refractivity contribution is 6.31. The van der Waals surface area contributed by atoms with Crippen LogP contribution in [0.25, 0.3) is 0 Å². The first-order valence-electron chi connectivity index (χ1n) is 6.84. The quantitative estimate of drug-likeness (QED) is 0.729. The third-order valence-corrected chi connectivity index (χ3v) is 3.70. The summed E-state index contributed by atoms with van der Waals surface area (Å²) >= 11 is 12.1. The second kappa shape index (κ2) is 7.48. The molecule has 20 heavy (non-hydrogen) atoms. The topological polar surface area (TPSA) is 49.3 Å². The number of allylic oxidation sites excluding steroid dienone is 2. The smallest absolute Gasteiger partial charge is 0.320 e. The molecule has 1 aliphatic carbocycles. The molecule has 1 aliphatic rings. The molecule has 0 bridgehead atoms. The van der Waals surface area contributed by atoms with Crippen LogP contribution in [0.15, 0.2) is 22.8 Å². The molecule has 1 rings (SSSR count). The first-order chi connectivity index (χ1) is 9.17. The molecule has 0 heterocycles. The van der Waals surface area contributed by atoms with Crippen LogP contribution >= 0.6 is 23.2 Å². The molecule has 2 N–H and O–H groups in total. The predicted octanol–water partition coefficient (Wildman–Crippen LogP) is 3.92. The standard InChI is InChI=1S/C15H23Cl2NO2/c1-15(2,3)5-4-13(14(19)20)18-9-10-6-11(16)8-12(17)7-10/h6-7,11,13,18H,4-5,8-9H2,1-3H3,(H,19,20)/t11?,13-/m0/s1. The highest BCUT2D eigenvalue weighted by atomic mass is 35.5. The number of hydrogen-bond acceptors (Lipinski definition) is 2. The van der Waals surface area contributed by atoms with E-state index in [4.69, 9.17) is 23.2 Å². The third kappa shape index (κ3) is 6.78. The van der Waals surface area contributed by atoms with Gasteiger partial charge in [0.1, 0.15) is 6.04 Å². The van der Waals surface area contributed by atoms with Crippen LogP contribution in [-0.4, -0.2) is 29.0 Å². The molecular weight excluding hydrogens is 297 g/mol. The summed E-state index contributed by atoms with van der Waals surface area (Å²) in [5.41, 5.74) is 1.08. The summed E-state index contributed by atoms with van der Waals surface area (Å²) in [5.74, 6) is -0.817. The van der Waals surface area contributed by atoms with Crippen molar-refractivity contribution in [3.63, 3.8) is 0 Å². The average Bonchev–Trinajstić information content (AvgIpc) is 2.25. The van der Waals surface area contributed by atoms with E-state index >= 15 is 0 Å². The lowest BCUT2D eigenvalue weighted by molar-refractivity contribution is -0.139. The van der Waals surface area contributed by atoms with Crippen LogP contribution in [0, 0.1) is 5.41 Å². The molecule has 5 heteroatoms. The van der Waals surface area contributed by atoms with Gasteiger partial charge in [0.05, 0.1) is 5.38 Å². The Labute approximate surface area is 131 Å². The normalized spacial score (nSPS) is 21.1. The van der Waals surface area contributed by atoms with Crippen LogP contribution in [0.2, 0.25) is 0 Å². The lowest BCUT2D eigenvalue weighted by atomic mass is 9.88. The van der Waals surface area contributed by atoms with Gasteiger partial charge in [0.15, 0.2) is 0 Å². The number of carboxylic acids is 1. The Morgan fingerprint density at radius 3 is 2.70 bits per heavy atom. The van der Waals surface area contributed by atoms with Crippen molar-refractivity contribution >= 4 is 29.2 Å². The summed E-state index contributed by atoms with van der Waals surface area (Å²) in [6.45, 7) is 6.79. The minimum Gasteiger partial charge on any atom is -0.480 e. The van der Waals surface area contributed by atoms with E-state index in [9.17, 15) is 9.90 Å². The second-order valence-corrected chi connectivity index (χ2v) is 7.47. The minimum atomic E-state index is -0.817. The fourth-order valence-corrected chi connectivity index (χ4v) is 2.74. The Morgan fingerprint density at radius 1 is 1.55 bits per heavy atom. The van der Waals surface area contributed by atoms with E-state index in [-0.39, 0.29) is 10.8 Å². The predicted molar refractivity (Wildman–Crippen MR) is 84.4 cm³/mol. The molecule has 0 aromatic carbocycles. The summed E-state index contributed by atoms with van der Waals surface area (Å²) < 4.78 is 0. The molecule has 0 aliphatic heterocycles. The molecule has 0 saturated carbocycles. The van der Waals surface area contributed by atoms with Crippen molar-refractivity contribution in [3.8, 4) is 0 Å². The zero-order valence-electron chi connectivity index (χ0n) is 12.2. The van der Waals surface area contributed by atoms with Crippen LogP contribution in [0.4, 0.5) is 0 Å². The van der Waals surface area contributed by atoms with E-state index in [0.29, 0.717) is 24.4 Å². The molecule has 0 aromatic heterocycles. The maximum Gasteiger partial charge on any atom is 0.320 e. The van der Waals surface area contributed by atoms with Crippen LogP contribution in [0.5, 0.6) is 0 Å². The zero-order chi connectivity index (χ0) is 15.3. The molecule has 2 atom stereocenters. The van der Waals surface area contributed by atoms with E-state index < -0.39 is 12.0 Å². The van der Waals surface area contributed by atoms with Crippen molar-refractivity contribution in [2.75, 3.05) is 6.54 Å². The van der Waals surface area contributed by atoms with Crippen molar-refractivity contribution in [2.45, 2.75) is 51.5 Å². The Hall–Kier alpha value is -0.510. The van der Waals surface area contributed by atoms with Gasteiger partial charge in [-0.2, -0.15) is 0 Å². The molecule has 0 aromatic rings. The molecule has 1 unspecified atom stereocenters. The van der Waals surface area contributed by atoms with E-state index in [0.717, 1.165) is 12.0 Å². The molecule has 114 valence electrons. The SMILES string of the molecule is CC(C)(C)CC[C@H](NCC1=CC(Cl)CC(Cl)=C1)C(=O)O. The van der Waals surface area contributed by atoms with E-state index in [2.05, 4.69) is 26.1 Å². The third-order valence-electron chi connectivity index (χ3n) is 3.16. The van der Waals surface area contributed by atoms with Crippen molar-refractivity contribution in [3.05, 3.63) is 22.8 Å². The number of rotatable bonds is 6. The van der Waals surface area contributed by atoms with E-state index in [1.54, 1.807) is 0 Å². The second-order valence-electron chi connectivity index (χ2n) is 6.42. The van der Waals surface area contributed by atoms with Gasteiger partial charge in [0.25, 0.3) is 0 Å². The summed E-state index contributed by atoms with van der Waals surface area (Å²) in [4.78, 5) is 11.3. The maximum atomic E-state index is 11.3. The molecule has 0 spiro atoms. The molecule has 0 radical (unpaired) electrons.